The monoisotopic (exact) mass is 449 g/mol. The quantitative estimate of drug-likeness (QED) is 0.300. The van der Waals surface area contributed by atoms with Crippen molar-refractivity contribution in [2.24, 2.45) is 0 Å². The van der Waals surface area contributed by atoms with Crippen LogP contribution in [0.1, 0.15) is 31.8 Å². The minimum atomic E-state index is -0.469. The molecular weight excluding hydrogens is 426 g/mol. The predicted molar refractivity (Wildman–Crippen MR) is 134 cm³/mol. The van der Waals surface area contributed by atoms with Crippen LogP contribution in [0.2, 0.25) is 0 Å². The first-order chi connectivity index (χ1) is 16.5. The molecule has 0 unspecified atom stereocenters. The highest BCUT2D eigenvalue weighted by Gasteiger charge is 2.09. The molecule has 0 bridgehead atoms. The molecule has 0 heterocycles. The van der Waals surface area contributed by atoms with Crippen LogP contribution in [0.25, 0.3) is 16.8 Å². The van der Waals surface area contributed by atoms with Crippen molar-refractivity contribution >= 4 is 40.3 Å². The summed E-state index contributed by atoms with van der Waals surface area (Å²) >= 11 is 0. The number of hydrogen-bond donors (Lipinski definition) is 3. The van der Waals surface area contributed by atoms with Crippen LogP contribution in [-0.4, -0.2) is 17.7 Å². The lowest BCUT2D eigenvalue weighted by atomic mass is 10.0. The van der Waals surface area contributed by atoms with Crippen LogP contribution >= 0.6 is 0 Å². The fourth-order valence-corrected chi connectivity index (χ4v) is 3.49. The first-order valence-corrected chi connectivity index (χ1v) is 10.7. The molecular formula is C28H23N3O3. The zero-order valence-corrected chi connectivity index (χ0v) is 18.5. The van der Waals surface area contributed by atoms with Crippen molar-refractivity contribution in [3.05, 3.63) is 119 Å². The zero-order valence-electron chi connectivity index (χ0n) is 18.5. The Balaban J connectivity index is 1.31. The number of anilines is 1. The lowest BCUT2D eigenvalue weighted by Crippen LogP contribution is -2.40. The molecule has 168 valence electrons. The van der Waals surface area contributed by atoms with Crippen molar-refractivity contribution in [3.8, 4) is 0 Å². The van der Waals surface area contributed by atoms with Gasteiger partial charge in [0, 0.05) is 22.9 Å². The molecule has 34 heavy (non-hydrogen) atoms. The number of hydrazine groups is 1. The third kappa shape index (κ3) is 5.55. The van der Waals surface area contributed by atoms with E-state index in [9.17, 15) is 14.4 Å². The molecule has 6 heteroatoms. The lowest BCUT2D eigenvalue weighted by molar-refractivity contribution is -0.117. The van der Waals surface area contributed by atoms with Gasteiger partial charge in [0.25, 0.3) is 17.7 Å². The van der Waals surface area contributed by atoms with E-state index in [0.717, 1.165) is 21.9 Å². The van der Waals surface area contributed by atoms with Gasteiger partial charge in [-0.15, -0.1) is 0 Å². The normalized spacial score (nSPS) is 10.7. The second-order valence-corrected chi connectivity index (χ2v) is 7.75. The molecule has 0 spiro atoms. The molecule has 0 aliphatic rings. The van der Waals surface area contributed by atoms with Gasteiger partial charge in [-0.2, -0.15) is 0 Å². The van der Waals surface area contributed by atoms with Gasteiger partial charge in [-0.25, -0.2) is 0 Å². The summed E-state index contributed by atoms with van der Waals surface area (Å²) in [7, 11) is 0. The minimum Gasteiger partial charge on any atom is -0.322 e. The Hall–Kier alpha value is -4.71. The number of aryl methyl sites for hydroxylation is 1. The van der Waals surface area contributed by atoms with Gasteiger partial charge < -0.3 is 5.32 Å². The van der Waals surface area contributed by atoms with Gasteiger partial charge in [-0.3, -0.25) is 25.2 Å². The van der Waals surface area contributed by atoms with E-state index < -0.39 is 11.8 Å². The third-order valence-corrected chi connectivity index (χ3v) is 5.22. The number of amides is 3. The highest BCUT2D eigenvalue weighted by molar-refractivity contribution is 6.05. The number of rotatable bonds is 5. The van der Waals surface area contributed by atoms with Crippen LogP contribution in [0.15, 0.2) is 97.1 Å². The summed E-state index contributed by atoms with van der Waals surface area (Å²) in [5.41, 5.74) is 8.12. The van der Waals surface area contributed by atoms with Crippen molar-refractivity contribution in [3.63, 3.8) is 0 Å². The maximum atomic E-state index is 12.4. The highest BCUT2D eigenvalue weighted by Crippen LogP contribution is 2.19. The van der Waals surface area contributed by atoms with Crippen LogP contribution in [0, 0.1) is 6.92 Å². The summed E-state index contributed by atoms with van der Waals surface area (Å²) in [6, 6.07) is 27.4. The molecule has 0 saturated carbocycles. The molecule has 0 aromatic heterocycles. The predicted octanol–water partition coefficient (Wildman–Crippen LogP) is 4.87. The van der Waals surface area contributed by atoms with Crippen LogP contribution < -0.4 is 16.2 Å². The average molecular weight is 450 g/mol. The summed E-state index contributed by atoms with van der Waals surface area (Å²) in [6.07, 6.45) is 3.07. The summed E-state index contributed by atoms with van der Waals surface area (Å²) in [5.74, 6) is -1.15. The second kappa shape index (κ2) is 10.3. The van der Waals surface area contributed by atoms with E-state index in [0.29, 0.717) is 16.8 Å². The van der Waals surface area contributed by atoms with E-state index >= 15 is 0 Å². The molecule has 3 amide bonds. The van der Waals surface area contributed by atoms with E-state index in [2.05, 4.69) is 16.2 Å². The first kappa shape index (κ1) is 22.5. The summed E-state index contributed by atoms with van der Waals surface area (Å²) in [4.78, 5) is 36.9. The van der Waals surface area contributed by atoms with Crippen LogP contribution in [0.4, 0.5) is 5.69 Å². The average Bonchev–Trinajstić information content (AvgIpc) is 2.86. The van der Waals surface area contributed by atoms with Gasteiger partial charge in [-0.1, -0.05) is 60.2 Å². The number of carbonyl (C=O) groups is 3. The van der Waals surface area contributed by atoms with E-state index in [4.69, 9.17) is 0 Å². The van der Waals surface area contributed by atoms with Crippen molar-refractivity contribution in [1.82, 2.24) is 10.9 Å². The molecule has 4 aromatic carbocycles. The minimum absolute atomic E-state index is 0.230. The Kier molecular flexibility index (Phi) is 6.79. The summed E-state index contributed by atoms with van der Waals surface area (Å²) in [5, 5.41) is 4.91. The van der Waals surface area contributed by atoms with E-state index in [1.165, 1.54) is 6.08 Å². The number of carbonyl (C=O) groups excluding carboxylic acids is 3. The molecule has 3 N–H and O–H groups in total. The molecule has 0 fully saturated rings. The van der Waals surface area contributed by atoms with Gasteiger partial charge >= 0.3 is 0 Å². The lowest BCUT2D eigenvalue weighted by Gasteiger charge is -2.08. The van der Waals surface area contributed by atoms with Gasteiger partial charge in [-0.05, 0) is 65.7 Å². The molecule has 0 aliphatic carbocycles. The SMILES string of the molecule is Cc1cccc(C(=O)Nc2ccc(C(=O)NNC(=O)C=Cc3cccc4ccccc34)cc2)c1. The topological polar surface area (TPSA) is 87.3 Å². The Bertz CT molecular complexity index is 1390. The standard InChI is InChI=1S/C28H23N3O3/c1-19-6-4-10-23(18-19)27(33)29-24-15-12-22(13-16-24)28(34)31-30-26(32)17-14-21-9-5-8-20-7-2-3-11-25(20)21/h2-18H,1H3,(H,29,33)(H,30,32)(H,31,34). The fourth-order valence-electron chi connectivity index (χ4n) is 3.49. The molecule has 6 nitrogen and oxygen atoms in total. The van der Waals surface area contributed by atoms with Crippen LogP contribution in [0.5, 0.6) is 0 Å². The molecule has 0 saturated heterocycles. The molecule has 0 atom stereocenters. The molecule has 4 aromatic rings. The Morgan fingerprint density at radius 3 is 2.24 bits per heavy atom. The Labute approximate surface area is 197 Å². The van der Waals surface area contributed by atoms with Gasteiger partial charge in [0.1, 0.15) is 0 Å². The summed E-state index contributed by atoms with van der Waals surface area (Å²) < 4.78 is 0. The largest absolute Gasteiger partial charge is 0.322 e. The maximum absolute atomic E-state index is 12.4. The van der Waals surface area contributed by atoms with E-state index in [-0.39, 0.29) is 5.91 Å². The molecule has 0 aliphatic heterocycles. The van der Waals surface area contributed by atoms with Crippen molar-refractivity contribution in [2.45, 2.75) is 6.92 Å². The number of benzene rings is 4. The number of hydrogen-bond acceptors (Lipinski definition) is 3. The Morgan fingerprint density at radius 1 is 0.706 bits per heavy atom. The molecule has 0 radical (unpaired) electrons. The zero-order chi connectivity index (χ0) is 23.9. The summed E-state index contributed by atoms with van der Waals surface area (Å²) in [6.45, 7) is 1.92. The van der Waals surface area contributed by atoms with Crippen LogP contribution in [-0.2, 0) is 4.79 Å². The smallest absolute Gasteiger partial charge is 0.269 e. The van der Waals surface area contributed by atoms with Crippen molar-refractivity contribution < 1.29 is 14.4 Å². The van der Waals surface area contributed by atoms with Gasteiger partial charge in [0.15, 0.2) is 0 Å². The van der Waals surface area contributed by atoms with E-state index in [1.54, 1.807) is 42.5 Å². The second-order valence-electron chi connectivity index (χ2n) is 7.75. The van der Waals surface area contributed by atoms with E-state index in [1.807, 2.05) is 61.5 Å². The maximum Gasteiger partial charge on any atom is 0.269 e. The molecule has 4 rings (SSSR count). The van der Waals surface area contributed by atoms with Crippen molar-refractivity contribution in [1.29, 1.82) is 0 Å². The third-order valence-electron chi connectivity index (χ3n) is 5.22. The fraction of sp³-hybridized carbons (Fsp3) is 0.0357. The van der Waals surface area contributed by atoms with Crippen LogP contribution in [0.3, 0.4) is 0 Å². The van der Waals surface area contributed by atoms with Crippen molar-refractivity contribution in [2.75, 3.05) is 5.32 Å². The Morgan fingerprint density at radius 2 is 1.44 bits per heavy atom. The number of nitrogens with one attached hydrogen (secondary N) is 3. The number of fused-ring (bicyclic) bond motifs is 1. The van der Waals surface area contributed by atoms with Gasteiger partial charge in [0.05, 0.1) is 0 Å². The van der Waals surface area contributed by atoms with Gasteiger partial charge in [0.2, 0.25) is 0 Å². The first-order valence-electron chi connectivity index (χ1n) is 10.7. The highest BCUT2D eigenvalue weighted by atomic mass is 16.2.